The highest BCUT2D eigenvalue weighted by Crippen LogP contribution is 2.28. The summed E-state index contributed by atoms with van der Waals surface area (Å²) in [5.41, 5.74) is 3.33. The van der Waals surface area contributed by atoms with Gasteiger partial charge >= 0.3 is 0 Å². The van der Waals surface area contributed by atoms with Crippen LogP contribution in [0.3, 0.4) is 0 Å². The Morgan fingerprint density at radius 1 is 1.25 bits per heavy atom. The Labute approximate surface area is 170 Å². The lowest BCUT2D eigenvalue weighted by molar-refractivity contribution is -0.122. The van der Waals surface area contributed by atoms with Gasteiger partial charge in [0.2, 0.25) is 5.91 Å². The fraction of sp³-hybridized carbons (Fsp3) is 0.364. The Kier molecular flexibility index (Phi) is 6.65. The summed E-state index contributed by atoms with van der Waals surface area (Å²) in [5.74, 6) is 0.848. The average Bonchev–Trinajstić information content (AvgIpc) is 3.10. The number of aryl methyl sites for hydroxylation is 2. The van der Waals surface area contributed by atoms with Crippen LogP contribution in [0.1, 0.15) is 29.1 Å². The molecule has 0 spiro atoms. The third-order valence-corrected chi connectivity index (χ3v) is 5.94. The Hall–Kier alpha value is -2.44. The van der Waals surface area contributed by atoms with Gasteiger partial charge in [-0.3, -0.25) is 9.69 Å². The maximum atomic E-state index is 12.3. The number of fused-ring (bicyclic) bond motifs is 1. The predicted octanol–water partition coefficient (Wildman–Crippen LogP) is 4.10. The molecule has 0 aliphatic rings. The molecule has 0 bridgehead atoms. The zero-order valence-electron chi connectivity index (χ0n) is 16.9. The fourth-order valence-corrected chi connectivity index (χ4v) is 4.07. The van der Waals surface area contributed by atoms with Crippen molar-refractivity contribution in [2.24, 2.45) is 0 Å². The van der Waals surface area contributed by atoms with Crippen molar-refractivity contribution in [2.75, 3.05) is 26.7 Å². The van der Waals surface area contributed by atoms with Gasteiger partial charge in [-0.15, -0.1) is 11.3 Å². The van der Waals surface area contributed by atoms with Crippen molar-refractivity contribution >= 4 is 27.5 Å². The first-order chi connectivity index (χ1) is 13.4. The van der Waals surface area contributed by atoms with E-state index in [0.29, 0.717) is 19.7 Å². The molecular formula is C22H27N3O2S. The normalized spacial score (nSPS) is 12.3. The number of carbonyl (C=O) groups excluding carboxylic acids is 1. The number of amides is 1. The third kappa shape index (κ3) is 5.09. The quantitative estimate of drug-likeness (QED) is 0.582. The molecule has 0 saturated carbocycles. The van der Waals surface area contributed by atoms with Gasteiger partial charge < -0.3 is 10.1 Å². The first kappa shape index (κ1) is 20.3. The van der Waals surface area contributed by atoms with Crippen molar-refractivity contribution < 1.29 is 9.53 Å². The van der Waals surface area contributed by atoms with Crippen LogP contribution in [-0.2, 0) is 4.79 Å². The second-order valence-corrected chi connectivity index (χ2v) is 8.14. The molecular weight excluding hydrogens is 370 g/mol. The van der Waals surface area contributed by atoms with E-state index in [9.17, 15) is 4.79 Å². The minimum absolute atomic E-state index is 0.0142. The molecule has 1 N–H and O–H groups in total. The number of benzene rings is 2. The standard InChI is InChI=1S/C22H27N3O2S/c1-15-9-10-19(16(2)13-15)27-12-11-23-21(26)14-25(4)17(3)22-24-18-7-5-6-8-20(18)28-22/h5-10,13,17H,11-12,14H2,1-4H3,(H,23,26)/t17-/m1/s1. The second-order valence-electron chi connectivity index (χ2n) is 7.08. The van der Waals surface area contributed by atoms with Gasteiger partial charge in [-0.05, 0) is 51.6 Å². The topological polar surface area (TPSA) is 54.5 Å². The predicted molar refractivity (Wildman–Crippen MR) is 115 cm³/mol. The number of para-hydroxylation sites is 1. The summed E-state index contributed by atoms with van der Waals surface area (Å²) in [5, 5.41) is 3.95. The molecule has 0 fully saturated rings. The Morgan fingerprint density at radius 2 is 2.04 bits per heavy atom. The number of ether oxygens (including phenoxy) is 1. The van der Waals surface area contributed by atoms with Crippen LogP contribution in [-0.4, -0.2) is 42.5 Å². The van der Waals surface area contributed by atoms with Gasteiger partial charge in [0, 0.05) is 0 Å². The summed E-state index contributed by atoms with van der Waals surface area (Å²) in [6, 6.07) is 14.3. The van der Waals surface area contributed by atoms with Crippen molar-refractivity contribution in [1.29, 1.82) is 0 Å². The molecule has 1 amide bonds. The van der Waals surface area contributed by atoms with Crippen LogP contribution in [0.5, 0.6) is 5.75 Å². The number of carbonyl (C=O) groups is 1. The van der Waals surface area contributed by atoms with Crippen LogP contribution in [0, 0.1) is 13.8 Å². The lowest BCUT2D eigenvalue weighted by Crippen LogP contribution is -2.38. The molecule has 0 aliphatic heterocycles. The molecule has 1 aromatic heterocycles. The van der Waals surface area contributed by atoms with Crippen molar-refractivity contribution in [2.45, 2.75) is 26.8 Å². The average molecular weight is 398 g/mol. The highest BCUT2D eigenvalue weighted by atomic mass is 32.1. The SMILES string of the molecule is Cc1ccc(OCCNC(=O)CN(C)[C@H](C)c2nc3ccccc3s2)c(C)c1. The maximum absolute atomic E-state index is 12.3. The van der Waals surface area contributed by atoms with Crippen LogP contribution in [0.25, 0.3) is 10.2 Å². The molecule has 0 saturated heterocycles. The fourth-order valence-electron chi connectivity index (χ4n) is 2.99. The smallest absolute Gasteiger partial charge is 0.234 e. The Bertz CT molecular complexity index is 921. The highest BCUT2D eigenvalue weighted by molar-refractivity contribution is 7.18. The number of nitrogens with zero attached hydrogens (tertiary/aromatic N) is 2. The summed E-state index contributed by atoms with van der Waals surface area (Å²) in [7, 11) is 1.95. The second kappa shape index (κ2) is 9.17. The van der Waals surface area contributed by atoms with E-state index >= 15 is 0 Å². The molecule has 6 heteroatoms. The summed E-state index contributed by atoms with van der Waals surface area (Å²) in [4.78, 5) is 19.0. The number of likely N-dealkylation sites (N-methyl/N-ethyl adjacent to an activating group) is 1. The minimum Gasteiger partial charge on any atom is -0.491 e. The van der Waals surface area contributed by atoms with Gasteiger partial charge in [-0.1, -0.05) is 29.8 Å². The minimum atomic E-state index is -0.0142. The maximum Gasteiger partial charge on any atom is 0.234 e. The monoisotopic (exact) mass is 397 g/mol. The van der Waals surface area contributed by atoms with Crippen LogP contribution < -0.4 is 10.1 Å². The van der Waals surface area contributed by atoms with Crippen LogP contribution >= 0.6 is 11.3 Å². The lowest BCUT2D eigenvalue weighted by Gasteiger charge is -2.22. The van der Waals surface area contributed by atoms with E-state index in [1.165, 1.54) is 10.3 Å². The summed E-state index contributed by atoms with van der Waals surface area (Å²) >= 11 is 1.68. The zero-order valence-corrected chi connectivity index (χ0v) is 17.7. The lowest BCUT2D eigenvalue weighted by atomic mass is 10.1. The van der Waals surface area contributed by atoms with Crippen molar-refractivity contribution in [3.63, 3.8) is 0 Å². The molecule has 5 nitrogen and oxygen atoms in total. The van der Waals surface area contributed by atoms with E-state index in [4.69, 9.17) is 4.74 Å². The zero-order chi connectivity index (χ0) is 20.1. The number of hydrogen-bond donors (Lipinski definition) is 1. The molecule has 28 heavy (non-hydrogen) atoms. The van der Waals surface area contributed by atoms with Crippen LogP contribution in [0.15, 0.2) is 42.5 Å². The van der Waals surface area contributed by atoms with Gasteiger partial charge in [0.05, 0.1) is 29.3 Å². The first-order valence-electron chi connectivity index (χ1n) is 9.46. The Morgan fingerprint density at radius 3 is 2.79 bits per heavy atom. The highest BCUT2D eigenvalue weighted by Gasteiger charge is 2.18. The molecule has 148 valence electrons. The van der Waals surface area contributed by atoms with Gasteiger partial charge in [0.1, 0.15) is 17.4 Å². The van der Waals surface area contributed by atoms with Gasteiger partial charge in [-0.2, -0.15) is 0 Å². The third-order valence-electron chi connectivity index (χ3n) is 4.73. The van der Waals surface area contributed by atoms with E-state index in [-0.39, 0.29) is 11.9 Å². The number of rotatable bonds is 8. The van der Waals surface area contributed by atoms with Gasteiger partial charge in [-0.25, -0.2) is 4.98 Å². The summed E-state index contributed by atoms with van der Waals surface area (Å²) in [6.45, 7) is 7.42. The van der Waals surface area contributed by atoms with Crippen molar-refractivity contribution in [1.82, 2.24) is 15.2 Å². The van der Waals surface area contributed by atoms with E-state index in [1.54, 1.807) is 11.3 Å². The Balaban J connectivity index is 1.44. The molecule has 3 aromatic rings. The van der Waals surface area contributed by atoms with E-state index in [2.05, 4.69) is 36.3 Å². The number of aromatic nitrogens is 1. The molecule has 0 unspecified atom stereocenters. The number of thiazole rings is 1. The molecule has 1 atom stereocenters. The number of nitrogens with one attached hydrogen (secondary N) is 1. The van der Waals surface area contributed by atoms with Crippen LogP contribution in [0.2, 0.25) is 0 Å². The number of hydrogen-bond acceptors (Lipinski definition) is 5. The molecule has 3 rings (SSSR count). The van der Waals surface area contributed by atoms with E-state index < -0.39 is 0 Å². The molecule has 0 aliphatic carbocycles. The largest absolute Gasteiger partial charge is 0.491 e. The summed E-state index contributed by atoms with van der Waals surface area (Å²) < 4.78 is 6.93. The van der Waals surface area contributed by atoms with Gasteiger partial charge in [0.15, 0.2) is 0 Å². The van der Waals surface area contributed by atoms with E-state index in [0.717, 1.165) is 21.8 Å². The van der Waals surface area contributed by atoms with E-state index in [1.807, 2.05) is 49.2 Å². The summed E-state index contributed by atoms with van der Waals surface area (Å²) in [6.07, 6.45) is 0. The first-order valence-corrected chi connectivity index (χ1v) is 10.3. The van der Waals surface area contributed by atoms with Crippen molar-refractivity contribution in [3.05, 3.63) is 58.6 Å². The molecule has 1 heterocycles. The van der Waals surface area contributed by atoms with Crippen molar-refractivity contribution in [3.8, 4) is 5.75 Å². The molecule has 2 aromatic carbocycles. The van der Waals surface area contributed by atoms with Crippen LogP contribution in [0.4, 0.5) is 0 Å². The van der Waals surface area contributed by atoms with Gasteiger partial charge in [0.25, 0.3) is 0 Å². The molecule has 0 radical (unpaired) electrons.